The third kappa shape index (κ3) is 3.98. The lowest BCUT2D eigenvalue weighted by Gasteiger charge is -2.20. The summed E-state index contributed by atoms with van der Waals surface area (Å²) in [6, 6.07) is 4.93. The van der Waals surface area contributed by atoms with Crippen molar-refractivity contribution >= 4 is 23.2 Å². The van der Waals surface area contributed by atoms with Crippen LogP contribution in [0.25, 0.3) is 5.65 Å². The predicted octanol–water partition coefficient (Wildman–Crippen LogP) is 2.71. The molecule has 0 spiro atoms. The van der Waals surface area contributed by atoms with Crippen LogP contribution in [-0.4, -0.2) is 51.2 Å². The Morgan fingerprint density at radius 2 is 2.07 bits per heavy atom. The standard InChI is InChI=1S/C19H16F2N4O5/c20-17(21)11-2-1-3-12(22-11)18(26)24-13-7-25-8-14(15-9-29-4-5-30-15)23-16(25)6-10(13)19(27)28/h1-3,6-8,15,17H,4-5,9H2,(H,24,26)(H,27,28). The van der Waals surface area contributed by atoms with Gasteiger partial charge in [-0.2, -0.15) is 0 Å². The molecule has 3 aromatic heterocycles. The van der Waals surface area contributed by atoms with Crippen molar-refractivity contribution in [3.63, 3.8) is 0 Å². The smallest absolute Gasteiger partial charge is 0.338 e. The fraction of sp³-hybridized carbons (Fsp3) is 0.263. The van der Waals surface area contributed by atoms with E-state index in [0.717, 1.165) is 6.07 Å². The minimum Gasteiger partial charge on any atom is -0.478 e. The number of nitrogens with zero attached hydrogens (tertiary/aromatic N) is 3. The van der Waals surface area contributed by atoms with Crippen LogP contribution in [0.2, 0.25) is 0 Å². The SMILES string of the molecule is O=C(Nc1cn2cc(C3COCCO3)nc2cc1C(=O)O)c1cccc(C(F)F)n1. The van der Waals surface area contributed by atoms with Gasteiger partial charge in [0.1, 0.15) is 23.1 Å². The second-order valence-corrected chi connectivity index (χ2v) is 6.47. The van der Waals surface area contributed by atoms with Gasteiger partial charge in [0.15, 0.2) is 0 Å². The summed E-state index contributed by atoms with van der Waals surface area (Å²) in [6.07, 6.45) is -0.190. The molecule has 3 aromatic rings. The Bertz CT molecular complexity index is 1110. The number of hydrogen-bond donors (Lipinski definition) is 2. The number of ether oxygens (including phenoxy) is 2. The molecule has 0 aliphatic carbocycles. The lowest BCUT2D eigenvalue weighted by molar-refractivity contribution is -0.0916. The summed E-state index contributed by atoms with van der Waals surface area (Å²) in [6.45, 7) is 1.24. The maximum atomic E-state index is 12.8. The van der Waals surface area contributed by atoms with Crippen molar-refractivity contribution in [2.45, 2.75) is 12.5 Å². The average molecular weight is 418 g/mol. The van der Waals surface area contributed by atoms with E-state index in [0.29, 0.717) is 31.2 Å². The summed E-state index contributed by atoms with van der Waals surface area (Å²) in [7, 11) is 0. The summed E-state index contributed by atoms with van der Waals surface area (Å²) < 4.78 is 38.2. The van der Waals surface area contributed by atoms with Crippen molar-refractivity contribution in [2.75, 3.05) is 25.1 Å². The van der Waals surface area contributed by atoms with Crippen molar-refractivity contribution in [3.05, 3.63) is 59.3 Å². The zero-order chi connectivity index (χ0) is 21.3. The average Bonchev–Trinajstić information content (AvgIpc) is 3.17. The zero-order valence-corrected chi connectivity index (χ0v) is 15.4. The number of anilines is 1. The number of rotatable bonds is 5. The van der Waals surface area contributed by atoms with Crippen molar-refractivity contribution < 1.29 is 33.0 Å². The monoisotopic (exact) mass is 418 g/mol. The van der Waals surface area contributed by atoms with Gasteiger partial charge in [-0.15, -0.1) is 0 Å². The minimum atomic E-state index is -2.83. The fourth-order valence-electron chi connectivity index (χ4n) is 3.03. The molecule has 1 aliphatic rings. The molecular formula is C19H16F2N4O5. The molecule has 1 aliphatic heterocycles. The number of carbonyl (C=O) groups excluding carboxylic acids is 1. The van der Waals surface area contributed by atoms with E-state index >= 15 is 0 Å². The van der Waals surface area contributed by atoms with E-state index in [1.54, 1.807) is 10.6 Å². The number of imidazole rings is 1. The van der Waals surface area contributed by atoms with Gasteiger partial charge in [-0.25, -0.2) is 23.5 Å². The largest absolute Gasteiger partial charge is 0.478 e. The third-order valence-corrected chi connectivity index (χ3v) is 4.46. The van der Waals surface area contributed by atoms with Crippen LogP contribution in [0.15, 0.2) is 36.7 Å². The van der Waals surface area contributed by atoms with Gasteiger partial charge in [-0.3, -0.25) is 4.79 Å². The van der Waals surface area contributed by atoms with E-state index in [2.05, 4.69) is 15.3 Å². The van der Waals surface area contributed by atoms with Gasteiger partial charge in [-0.1, -0.05) is 6.07 Å². The first-order chi connectivity index (χ1) is 14.4. The molecule has 30 heavy (non-hydrogen) atoms. The van der Waals surface area contributed by atoms with Gasteiger partial charge < -0.3 is 24.3 Å². The van der Waals surface area contributed by atoms with Crippen molar-refractivity contribution in [2.24, 2.45) is 0 Å². The van der Waals surface area contributed by atoms with Crippen LogP contribution in [0.4, 0.5) is 14.5 Å². The molecule has 0 radical (unpaired) electrons. The van der Waals surface area contributed by atoms with E-state index in [-0.39, 0.29) is 23.0 Å². The van der Waals surface area contributed by atoms with Crippen LogP contribution in [0.3, 0.4) is 0 Å². The summed E-state index contributed by atoms with van der Waals surface area (Å²) >= 11 is 0. The van der Waals surface area contributed by atoms with Crippen molar-refractivity contribution in [1.29, 1.82) is 0 Å². The second-order valence-electron chi connectivity index (χ2n) is 6.47. The molecule has 0 bridgehead atoms. The van der Waals surface area contributed by atoms with E-state index in [9.17, 15) is 23.5 Å². The Morgan fingerprint density at radius 1 is 1.23 bits per heavy atom. The molecule has 1 fully saturated rings. The molecule has 1 saturated heterocycles. The molecule has 9 nitrogen and oxygen atoms in total. The lowest BCUT2D eigenvalue weighted by Crippen LogP contribution is -2.22. The van der Waals surface area contributed by atoms with Crippen LogP contribution >= 0.6 is 0 Å². The Balaban J connectivity index is 1.66. The normalized spacial score (nSPS) is 16.7. The van der Waals surface area contributed by atoms with Crippen molar-refractivity contribution in [1.82, 2.24) is 14.4 Å². The first-order valence-electron chi connectivity index (χ1n) is 8.94. The van der Waals surface area contributed by atoms with Gasteiger partial charge >= 0.3 is 5.97 Å². The Morgan fingerprint density at radius 3 is 2.77 bits per heavy atom. The second kappa shape index (κ2) is 8.13. The molecule has 4 heterocycles. The highest BCUT2D eigenvalue weighted by molar-refractivity contribution is 6.07. The van der Waals surface area contributed by atoms with Crippen molar-refractivity contribution in [3.8, 4) is 0 Å². The van der Waals surface area contributed by atoms with Crippen LogP contribution in [0.1, 0.15) is 44.8 Å². The quantitative estimate of drug-likeness (QED) is 0.655. The van der Waals surface area contributed by atoms with Crippen LogP contribution in [0.5, 0.6) is 0 Å². The highest BCUT2D eigenvalue weighted by Gasteiger charge is 2.22. The van der Waals surface area contributed by atoms with Crippen LogP contribution < -0.4 is 5.32 Å². The molecule has 11 heteroatoms. The van der Waals surface area contributed by atoms with Gasteiger partial charge in [0.05, 0.1) is 36.8 Å². The number of aromatic nitrogens is 3. The molecule has 0 saturated carbocycles. The maximum Gasteiger partial charge on any atom is 0.338 e. The Hall–Kier alpha value is -3.44. The van der Waals surface area contributed by atoms with E-state index < -0.39 is 24.0 Å². The number of pyridine rings is 2. The number of halogens is 2. The first kappa shape index (κ1) is 19.9. The van der Waals surface area contributed by atoms with E-state index in [1.807, 2.05) is 0 Å². The fourth-order valence-corrected chi connectivity index (χ4v) is 3.03. The highest BCUT2D eigenvalue weighted by Crippen LogP contribution is 2.24. The number of carboxylic acid groups (broad SMARTS) is 1. The summed E-state index contributed by atoms with van der Waals surface area (Å²) in [5.41, 5.74) is -0.158. The van der Waals surface area contributed by atoms with Crippen LogP contribution in [0, 0.1) is 0 Å². The lowest BCUT2D eigenvalue weighted by atomic mass is 10.2. The molecular weight excluding hydrogens is 402 g/mol. The van der Waals surface area contributed by atoms with E-state index in [4.69, 9.17) is 9.47 Å². The Labute approximate surface area is 168 Å². The number of fused-ring (bicyclic) bond motifs is 1. The number of carboxylic acids is 1. The van der Waals surface area contributed by atoms with E-state index in [1.165, 1.54) is 24.4 Å². The van der Waals surface area contributed by atoms with Gasteiger partial charge in [0.25, 0.3) is 12.3 Å². The number of carbonyl (C=O) groups is 2. The molecule has 4 rings (SSSR count). The number of alkyl halides is 2. The van der Waals surface area contributed by atoms with Gasteiger partial charge in [0.2, 0.25) is 0 Å². The van der Waals surface area contributed by atoms with Crippen LogP contribution in [-0.2, 0) is 9.47 Å². The van der Waals surface area contributed by atoms with Gasteiger partial charge in [0, 0.05) is 12.4 Å². The molecule has 2 N–H and O–H groups in total. The van der Waals surface area contributed by atoms with Gasteiger partial charge in [-0.05, 0) is 18.2 Å². The molecule has 156 valence electrons. The topological polar surface area (TPSA) is 115 Å². The number of amides is 1. The number of aromatic carboxylic acids is 1. The summed E-state index contributed by atoms with van der Waals surface area (Å²) in [5.74, 6) is -2.10. The summed E-state index contributed by atoms with van der Waals surface area (Å²) in [4.78, 5) is 32.2. The first-order valence-corrected chi connectivity index (χ1v) is 8.94. The number of hydrogen-bond acceptors (Lipinski definition) is 6. The molecule has 1 amide bonds. The predicted molar refractivity (Wildman–Crippen MR) is 98.8 cm³/mol. The maximum absolute atomic E-state index is 12.8. The minimum absolute atomic E-state index is 0.0333. The third-order valence-electron chi connectivity index (χ3n) is 4.46. The molecule has 1 atom stereocenters. The highest BCUT2D eigenvalue weighted by atomic mass is 19.3. The summed E-state index contributed by atoms with van der Waals surface area (Å²) in [5, 5.41) is 12.0. The molecule has 1 unspecified atom stereocenters. The molecule has 0 aromatic carbocycles. The zero-order valence-electron chi connectivity index (χ0n) is 15.4. The Kier molecular flexibility index (Phi) is 5.38. The number of nitrogens with one attached hydrogen (secondary N) is 1.